The molecule has 33 heavy (non-hydrogen) atoms. The van der Waals surface area contributed by atoms with E-state index in [0.717, 1.165) is 23.7 Å². The van der Waals surface area contributed by atoms with Crippen molar-refractivity contribution in [2.75, 3.05) is 19.6 Å². The van der Waals surface area contributed by atoms with Crippen LogP contribution >= 0.6 is 11.6 Å². The summed E-state index contributed by atoms with van der Waals surface area (Å²) in [5.74, 6) is 1.85. The number of ether oxygens (including phenoxy) is 2. The lowest BCUT2D eigenvalue weighted by molar-refractivity contribution is -0.149. The first-order chi connectivity index (χ1) is 15.9. The van der Waals surface area contributed by atoms with Gasteiger partial charge in [-0.25, -0.2) is 4.99 Å². The Labute approximate surface area is 197 Å². The Balaban J connectivity index is 1.51. The summed E-state index contributed by atoms with van der Waals surface area (Å²) in [6, 6.07) is 12.7. The van der Waals surface area contributed by atoms with Gasteiger partial charge in [0, 0.05) is 37.1 Å². The highest BCUT2D eigenvalue weighted by Gasteiger charge is 2.29. The lowest BCUT2D eigenvalue weighted by Gasteiger charge is -2.35. The molecule has 1 saturated heterocycles. The number of nitroso groups, excluding NO2 is 1. The number of carbonyl (C=O) groups is 1. The summed E-state index contributed by atoms with van der Waals surface area (Å²) in [4.78, 5) is 30.2. The molecule has 1 N–H and O–H groups in total. The number of amidine groups is 1. The number of nitrogens with zero attached hydrogens (tertiary/aromatic N) is 3. The molecule has 1 fully saturated rings. The third-order valence-corrected chi connectivity index (χ3v) is 5.88. The molecule has 0 aliphatic carbocycles. The molecule has 0 spiro atoms. The normalized spacial score (nSPS) is 19.2. The van der Waals surface area contributed by atoms with Gasteiger partial charge in [-0.1, -0.05) is 28.9 Å². The average molecular weight is 471 g/mol. The van der Waals surface area contributed by atoms with E-state index in [-0.39, 0.29) is 30.6 Å². The number of fused-ring (bicyclic) bond motifs is 2. The van der Waals surface area contributed by atoms with Gasteiger partial charge in [-0.2, -0.15) is 4.91 Å². The van der Waals surface area contributed by atoms with Gasteiger partial charge in [0.25, 0.3) is 0 Å². The molecule has 9 heteroatoms. The summed E-state index contributed by atoms with van der Waals surface area (Å²) in [6.07, 6.45) is 0.272. The number of halogens is 1. The Morgan fingerprint density at radius 3 is 2.94 bits per heavy atom. The van der Waals surface area contributed by atoms with Crippen LogP contribution in [0.25, 0.3) is 0 Å². The second kappa shape index (κ2) is 10.3. The molecule has 0 saturated carbocycles. The number of hydrogen-bond donors (Lipinski definition) is 1. The predicted octanol–water partition coefficient (Wildman–Crippen LogP) is 4.66. The Morgan fingerprint density at radius 2 is 2.12 bits per heavy atom. The third-order valence-electron chi connectivity index (χ3n) is 5.65. The molecule has 2 aromatic carbocycles. The van der Waals surface area contributed by atoms with Crippen LogP contribution in [0.5, 0.6) is 11.5 Å². The quantitative estimate of drug-likeness (QED) is 0.487. The molecular weight excluding hydrogens is 444 g/mol. The molecule has 2 heterocycles. The second-order valence-corrected chi connectivity index (χ2v) is 8.87. The van der Waals surface area contributed by atoms with Crippen molar-refractivity contribution >= 4 is 29.1 Å². The summed E-state index contributed by atoms with van der Waals surface area (Å²) in [7, 11) is 0. The van der Waals surface area contributed by atoms with Crippen LogP contribution in [0.2, 0.25) is 5.02 Å². The van der Waals surface area contributed by atoms with Gasteiger partial charge < -0.3 is 19.7 Å². The molecule has 0 aromatic heterocycles. The van der Waals surface area contributed by atoms with Crippen molar-refractivity contribution in [3.8, 4) is 11.5 Å². The Hall–Kier alpha value is -2.97. The molecule has 2 aliphatic heterocycles. The predicted molar refractivity (Wildman–Crippen MR) is 128 cm³/mol. The molecule has 3 atom stereocenters. The fourth-order valence-corrected chi connectivity index (χ4v) is 4.30. The number of hydrogen-bond acceptors (Lipinski definition) is 8. The molecule has 0 amide bonds. The topological polar surface area (TPSA) is 92.6 Å². The van der Waals surface area contributed by atoms with Gasteiger partial charge in [-0.05, 0) is 44.2 Å². The third kappa shape index (κ3) is 5.69. The van der Waals surface area contributed by atoms with E-state index in [1.54, 1.807) is 26.0 Å². The molecule has 0 unspecified atom stereocenters. The summed E-state index contributed by atoms with van der Waals surface area (Å²) >= 11 is 6.21. The van der Waals surface area contributed by atoms with Crippen LogP contribution in [0.3, 0.4) is 0 Å². The van der Waals surface area contributed by atoms with Crippen LogP contribution in [-0.4, -0.2) is 54.5 Å². The van der Waals surface area contributed by atoms with Crippen LogP contribution in [0.4, 0.5) is 5.69 Å². The van der Waals surface area contributed by atoms with E-state index in [0.29, 0.717) is 36.0 Å². The van der Waals surface area contributed by atoms with Gasteiger partial charge in [0.2, 0.25) is 0 Å². The largest absolute Gasteiger partial charge is 0.463 e. The summed E-state index contributed by atoms with van der Waals surface area (Å²) in [6.45, 7) is 5.49. The molecule has 2 aliphatic rings. The van der Waals surface area contributed by atoms with Crippen molar-refractivity contribution in [2.24, 2.45) is 10.2 Å². The van der Waals surface area contributed by atoms with Crippen molar-refractivity contribution in [1.82, 2.24) is 10.2 Å². The van der Waals surface area contributed by atoms with Gasteiger partial charge in [-0.3, -0.25) is 4.79 Å². The van der Waals surface area contributed by atoms with E-state index in [1.165, 1.54) is 0 Å². The number of rotatable bonds is 6. The van der Waals surface area contributed by atoms with E-state index in [2.05, 4.69) is 15.4 Å². The van der Waals surface area contributed by atoms with Gasteiger partial charge in [0.1, 0.15) is 23.4 Å². The molecule has 2 aromatic rings. The zero-order valence-corrected chi connectivity index (χ0v) is 19.4. The Morgan fingerprint density at radius 1 is 1.30 bits per heavy atom. The molecule has 0 radical (unpaired) electrons. The van der Waals surface area contributed by atoms with Crippen molar-refractivity contribution in [3.05, 3.63) is 58.0 Å². The molecule has 174 valence electrons. The lowest BCUT2D eigenvalue weighted by Crippen LogP contribution is -2.53. The highest BCUT2D eigenvalue weighted by atomic mass is 35.5. The molecule has 8 nitrogen and oxygen atoms in total. The maximum atomic E-state index is 12.5. The minimum absolute atomic E-state index is 0.0991. The highest BCUT2D eigenvalue weighted by Crippen LogP contribution is 2.39. The Kier molecular flexibility index (Phi) is 7.25. The number of esters is 1. The van der Waals surface area contributed by atoms with Crippen molar-refractivity contribution < 1.29 is 14.3 Å². The molecular formula is C24H27ClN4O4. The molecule has 4 rings (SSSR count). The summed E-state index contributed by atoms with van der Waals surface area (Å²) in [5, 5.41) is 6.95. The smallest absolute Gasteiger partial charge is 0.307 e. The second-order valence-electron chi connectivity index (χ2n) is 8.44. The van der Waals surface area contributed by atoms with Gasteiger partial charge in [0.15, 0.2) is 5.75 Å². The average Bonchev–Trinajstić information content (AvgIpc) is 2.95. The lowest BCUT2D eigenvalue weighted by atomic mass is 10.1. The summed E-state index contributed by atoms with van der Waals surface area (Å²) < 4.78 is 11.6. The van der Waals surface area contributed by atoms with E-state index >= 15 is 0 Å². The van der Waals surface area contributed by atoms with Crippen LogP contribution in [0.15, 0.2) is 52.6 Å². The minimum atomic E-state index is -0.386. The number of carbonyl (C=O) groups excluding carboxylic acids is 1. The number of aliphatic imine (C=N–C) groups is 1. The van der Waals surface area contributed by atoms with Crippen molar-refractivity contribution in [3.63, 3.8) is 0 Å². The van der Waals surface area contributed by atoms with Gasteiger partial charge in [-0.15, -0.1) is 0 Å². The zero-order valence-electron chi connectivity index (χ0n) is 18.7. The minimum Gasteiger partial charge on any atom is -0.463 e. The fraction of sp³-hybridized carbons (Fsp3) is 0.417. The maximum Gasteiger partial charge on any atom is 0.307 e. The first-order valence-electron chi connectivity index (χ1n) is 11.1. The monoisotopic (exact) mass is 470 g/mol. The van der Waals surface area contributed by atoms with Crippen LogP contribution < -0.4 is 10.1 Å². The van der Waals surface area contributed by atoms with Gasteiger partial charge >= 0.3 is 5.97 Å². The zero-order chi connectivity index (χ0) is 23.4. The number of para-hydroxylation sites is 1. The fourth-order valence-electron chi connectivity index (χ4n) is 4.14. The van der Waals surface area contributed by atoms with Crippen LogP contribution in [0, 0.1) is 4.91 Å². The SMILES string of the molecule is C[C@@H](C[C@H](C)OC(=O)C[C@H]1CN(C2=Nc3cc(Cl)ccc3Oc3ccccc32)CCN1)N=O. The van der Waals surface area contributed by atoms with E-state index < -0.39 is 0 Å². The van der Waals surface area contributed by atoms with E-state index in [1.807, 2.05) is 30.3 Å². The van der Waals surface area contributed by atoms with Gasteiger partial charge in [0.05, 0.1) is 18.0 Å². The van der Waals surface area contributed by atoms with E-state index in [9.17, 15) is 9.70 Å². The number of piperazine rings is 1. The summed E-state index contributed by atoms with van der Waals surface area (Å²) in [5.41, 5.74) is 1.55. The van der Waals surface area contributed by atoms with Crippen molar-refractivity contribution in [1.29, 1.82) is 0 Å². The standard InChI is InChI=1S/C24H27ClN4O4/c1-15(28-31)11-16(2)32-23(30)13-18-14-29(10-9-26-18)24-19-5-3-4-6-21(19)33-22-8-7-17(25)12-20(22)27-24/h3-8,12,15-16,18,26H,9-11,13-14H2,1-2H3/t15-,16-,18-/m0/s1. The van der Waals surface area contributed by atoms with Crippen LogP contribution in [0.1, 0.15) is 32.3 Å². The first-order valence-corrected chi connectivity index (χ1v) is 11.5. The Bertz CT molecular complexity index is 1060. The maximum absolute atomic E-state index is 12.5. The number of benzene rings is 2. The first kappa shape index (κ1) is 23.2. The van der Waals surface area contributed by atoms with Crippen LogP contribution in [-0.2, 0) is 9.53 Å². The highest BCUT2D eigenvalue weighted by molar-refractivity contribution is 6.31. The molecule has 0 bridgehead atoms. The van der Waals surface area contributed by atoms with E-state index in [4.69, 9.17) is 26.1 Å². The number of nitrogens with one attached hydrogen (secondary N) is 1. The van der Waals surface area contributed by atoms with Crippen molar-refractivity contribution in [2.45, 2.75) is 44.9 Å².